The van der Waals surface area contributed by atoms with E-state index in [1.54, 1.807) is 6.07 Å². The van der Waals surface area contributed by atoms with Gasteiger partial charge in [0.15, 0.2) is 0 Å². The Morgan fingerprint density at radius 2 is 1.88 bits per heavy atom. The van der Waals surface area contributed by atoms with Gasteiger partial charge in [-0.3, -0.25) is 4.90 Å². The Labute approximate surface area is 98.9 Å². The molecule has 1 N–H and O–H groups in total. The van der Waals surface area contributed by atoms with Crippen LogP contribution in [0, 0.1) is 5.92 Å². The standard InChI is InChI=1S/C14H23NO/c1-5-11(2)10-15(4)12(3)13-8-6-7-9-14(13)16/h6-9,11-12,16H,5,10H2,1-4H3. The number of nitrogens with zero attached hydrogens (tertiary/aromatic N) is 1. The van der Waals surface area contributed by atoms with Crippen molar-refractivity contribution < 1.29 is 5.11 Å². The summed E-state index contributed by atoms with van der Waals surface area (Å²) in [6, 6.07) is 7.84. The van der Waals surface area contributed by atoms with Crippen LogP contribution in [0.3, 0.4) is 0 Å². The fraction of sp³-hybridized carbons (Fsp3) is 0.571. The third-order valence-electron chi connectivity index (χ3n) is 3.34. The molecular formula is C14H23NO. The largest absolute Gasteiger partial charge is 0.508 e. The second-order valence-corrected chi connectivity index (χ2v) is 4.69. The molecule has 0 aliphatic rings. The molecule has 2 nitrogen and oxygen atoms in total. The zero-order valence-electron chi connectivity index (χ0n) is 10.8. The van der Waals surface area contributed by atoms with Crippen LogP contribution in [0.1, 0.15) is 38.8 Å². The lowest BCUT2D eigenvalue weighted by molar-refractivity contribution is 0.220. The van der Waals surface area contributed by atoms with E-state index >= 15 is 0 Å². The van der Waals surface area contributed by atoms with Crippen LogP contribution in [0.4, 0.5) is 0 Å². The third-order valence-corrected chi connectivity index (χ3v) is 3.34. The predicted octanol–water partition coefficient (Wildman–Crippen LogP) is 3.43. The Balaban J connectivity index is 2.70. The van der Waals surface area contributed by atoms with Crippen molar-refractivity contribution >= 4 is 0 Å². The van der Waals surface area contributed by atoms with Crippen molar-refractivity contribution in [2.45, 2.75) is 33.2 Å². The molecule has 1 aromatic carbocycles. The van der Waals surface area contributed by atoms with Crippen LogP contribution >= 0.6 is 0 Å². The molecule has 90 valence electrons. The average Bonchev–Trinajstić information content (AvgIpc) is 2.28. The molecule has 0 aliphatic carbocycles. The van der Waals surface area contributed by atoms with Gasteiger partial charge >= 0.3 is 0 Å². The van der Waals surface area contributed by atoms with Crippen LogP contribution in [0.5, 0.6) is 5.75 Å². The zero-order chi connectivity index (χ0) is 12.1. The van der Waals surface area contributed by atoms with E-state index in [9.17, 15) is 5.11 Å². The highest BCUT2D eigenvalue weighted by molar-refractivity contribution is 5.34. The van der Waals surface area contributed by atoms with Crippen molar-refractivity contribution in [3.8, 4) is 5.75 Å². The minimum atomic E-state index is 0.259. The number of phenols is 1. The quantitative estimate of drug-likeness (QED) is 0.823. The molecule has 2 unspecified atom stereocenters. The molecule has 0 spiro atoms. The van der Waals surface area contributed by atoms with E-state index in [4.69, 9.17) is 0 Å². The maximum Gasteiger partial charge on any atom is 0.120 e. The van der Waals surface area contributed by atoms with Gasteiger partial charge in [-0.2, -0.15) is 0 Å². The van der Waals surface area contributed by atoms with Crippen molar-refractivity contribution in [2.75, 3.05) is 13.6 Å². The molecule has 0 aromatic heterocycles. The molecule has 1 aromatic rings. The lowest BCUT2D eigenvalue weighted by Crippen LogP contribution is -2.27. The minimum Gasteiger partial charge on any atom is -0.508 e. The number of benzene rings is 1. The van der Waals surface area contributed by atoms with E-state index in [1.165, 1.54) is 6.42 Å². The molecule has 0 fully saturated rings. The first-order valence-corrected chi connectivity index (χ1v) is 6.04. The van der Waals surface area contributed by atoms with Gasteiger partial charge in [-0.05, 0) is 26.0 Å². The average molecular weight is 221 g/mol. The van der Waals surface area contributed by atoms with Gasteiger partial charge < -0.3 is 5.11 Å². The van der Waals surface area contributed by atoms with Crippen molar-refractivity contribution in [1.82, 2.24) is 4.90 Å². The first kappa shape index (κ1) is 13.0. The second-order valence-electron chi connectivity index (χ2n) is 4.69. The van der Waals surface area contributed by atoms with Gasteiger partial charge in [0.25, 0.3) is 0 Å². The van der Waals surface area contributed by atoms with Crippen molar-refractivity contribution in [3.05, 3.63) is 29.8 Å². The van der Waals surface area contributed by atoms with E-state index in [2.05, 4.69) is 32.7 Å². The summed E-state index contributed by atoms with van der Waals surface area (Å²) in [5, 5.41) is 9.79. The number of aromatic hydroxyl groups is 1. The highest BCUT2D eigenvalue weighted by atomic mass is 16.3. The monoisotopic (exact) mass is 221 g/mol. The van der Waals surface area contributed by atoms with Crippen LogP contribution in [0.25, 0.3) is 0 Å². The Kier molecular flexibility index (Phi) is 4.81. The molecule has 2 heteroatoms. The zero-order valence-corrected chi connectivity index (χ0v) is 10.8. The molecule has 0 amide bonds. The summed E-state index contributed by atoms with van der Waals surface area (Å²) >= 11 is 0. The molecule has 0 heterocycles. The van der Waals surface area contributed by atoms with E-state index in [0.29, 0.717) is 11.7 Å². The van der Waals surface area contributed by atoms with Gasteiger partial charge in [-0.15, -0.1) is 0 Å². The van der Waals surface area contributed by atoms with Crippen LogP contribution in [-0.2, 0) is 0 Å². The van der Waals surface area contributed by atoms with Gasteiger partial charge in [-0.25, -0.2) is 0 Å². The van der Waals surface area contributed by atoms with Gasteiger partial charge in [0.2, 0.25) is 0 Å². The van der Waals surface area contributed by atoms with Crippen LogP contribution in [0.15, 0.2) is 24.3 Å². The second kappa shape index (κ2) is 5.90. The fourth-order valence-corrected chi connectivity index (χ4v) is 1.86. The summed E-state index contributed by atoms with van der Waals surface area (Å²) in [6.07, 6.45) is 1.19. The molecule has 1 rings (SSSR count). The van der Waals surface area contributed by atoms with Gasteiger partial charge in [0.1, 0.15) is 5.75 Å². The maximum atomic E-state index is 9.79. The highest BCUT2D eigenvalue weighted by Gasteiger charge is 2.15. The summed E-state index contributed by atoms with van der Waals surface area (Å²) in [6.45, 7) is 7.67. The number of para-hydroxylation sites is 1. The Hall–Kier alpha value is -1.02. The Morgan fingerprint density at radius 3 is 2.44 bits per heavy atom. The van der Waals surface area contributed by atoms with E-state index in [0.717, 1.165) is 12.1 Å². The van der Waals surface area contributed by atoms with Gasteiger partial charge in [0, 0.05) is 18.2 Å². The van der Waals surface area contributed by atoms with Crippen molar-refractivity contribution in [1.29, 1.82) is 0 Å². The molecule has 0 saturated carbocycles. The summed E-state index contributed by atoms with van der Waals surface area (Å²) in [7, 11) is 2.11. The first-order valence-electron chi connectivity index (χ1n) is 6.04. The number of rotatable bonds is 5. The fourth-order valence-electron chi connectivity index (χ4n) is 1.86. The van der Waals surface area contributed by atoms with Gasteiger partial charge in [-0.1, -0.05) is 38.5 Å². The minimum absolute atomic E-state index is 0.259. The Morgan fingerprint density at radius 1 is 1.25 bits per heavy atom. The topological polar surface area (TPSA) is 23.5 Å². The molecule has 0 aliphatic heterocycles. The molecule has 0 bridgehead atoms. The highest BCUT2D eigenvalue weighted by Crippen LogP contribution is 2.27. The molecule has 16 heavy (non-hydrogen) atoms. The maximum absolute atomic E-state index is 9.79. The number of hydrogen-bond donors (Lipinski definition) is 1. The molecule has 0 saturated heterocycles. The van der Waals surface area contributed by atoms with Crippen LogP contribution in [-0.4, -0.2) is 23.6 Å². The van der Waals surface area contributed by atoms with E-state index < -0.39 is 0 Å². The van der Waals surface area contributed by atoms with Crippen molar-refractivity contribution in [2.24, 2.45) is 5.92 Å². The lowest BCUT2D eigenvalue weighted by Gasteiger charge is -2.27. The predicted molar refractivity (Wildman–Crippen MR) is 68.6 cm³/mol. The Bertz CT molecular complexity index is 324. The lowest BCUT2D eigenvalue weighted by atomic mass is 10.0. The molecule has 2 atom stereocenters. The third kappa shape index (κ3) is 3.24. The summed E-state index contributed by atoms with van der Waals surface area (Å²) in [5.41, 5.74) is 1.01. The summed E-state index contributed by atoms with van der Waals surface area (Å²) in [5.74, 6) is 1.09. The smallest absolute Gasteiger partial charge is 0.120 e. The normalized spacial score (nSPS) is 15.1. The van der Waals surface area contributed by atoms with Crippen LogP contribution in [0.2, 0.25) is 0 Å². The summed E-state index contributed by atoms with van der Waals surface area (Å²) < 4.78 is 0. The van der Waals surface area contributed by atoms with Crippen molar-refractivity contribution in [3.63, 3.8) is 0 Å². The van der Waals surface area contributed by atoms with E-state index in [1.807, 2.05) is 18.2 Å². The number of hydrogen-bond acceptors (Lipinski definition) is 2. The number of phenolic OH excluding ortho intramolecular Hbond substituents is 1. The molecule has 0 radical (unpaired) electrons. The first-order chi connectivity index (χ1) is 7.56. The van der Waals surface area contributed by atoms with Gasteiger partial charge in [0.05, 0.1) is 0 Å². The summed E-state index contributed by atoms with van der Waals surface area (Å²) in [4.78, 5) is 2.29. The molecular weight excluding hydrogens is 198 g/mol. The van der Waals surface area contributed by atoms with Crippen LogP contribution < -0.4 is 0 Å². The SMILES string of the molecule is CCC(C)CN(C)C(C)c1ccccc1O. The van der Waals surface area contributed by atoms with E-state index in [-0.39, 0.29) is 6.04 Å².